The molecule has 0 atom stereocenters. The highest BCUT2D eigenvalue weighted by Gasteiger charge is 2.30. The van der Waals surface area contributed by atoms with Gasteiger partial charge in [-0.3, -0.25) is 0 Å². The summed E-state index contributed by atoms with van der Waals surface area (Å²) in [5.41, 5.74) is 3.09. The summed E-state index contributed by atoms with van der Waals surface area (Å²) < 4.78 is 15.6. The lowest BCUT2D eigenvalue weighted by Gasteiger charge is -2.41. The monoisotopic (exact) mass is 464 g/mol. The quantitative estimate of drug-likeness (QED) is 0.601. The van der Waals surface area contributed by atoms with Crippen molar-refractivity contribution < 1.29 is 9.18 Å². The molecular formula is C26H33FN6O. The van der Waals surface area contributed by atoms with Crippen LogP contribution in [0.15, 0.2) is 48.5 Å². The Hall–Kier alpha value is -3.13. The number of carbonyl (C=O) groups is 1. The van der Waals surface area contributed by atoms with E-state index in [2.05, 4.69) is 26.2 Å². The van der Waals surface area contributed by atoms with Gasteiger partial charge in [0, 0.05) is 45.3 Å². The number of para-hydroxylation sites is 2. The topological polar surface area (TPSA) is 65.4 Å². The Kier molecular flexibility index (Phi) is 6.67. The van der Waals surface area contributed by atoms with Crippen LogP contribution in [0.1, 0.15) is 31.2 Å². The number of amides is 2. The minimum atomic E-state index is -0.219. The zero-order valence-electron chi connectivity index (χ0n) is 19.7. The first-order valence-electron chi connectivity index (χ1n) is 12.3. The van der Waals surface area contributed by atoms with Gasteiger partial charge < -0.3 is 25.0 Å². The van der Waals surface area contributed by atoms with E-state index in [9.17, 15) is 9.18 Å². The third-order valence-corrected chi connectivity index (χ3v) is 7.25. The van der Waals surface area contributed by atoms with E-state index in [0.717, 1.165) is 74.4 Å². The number of imidazole rings is 1. The number of hydrogen-bond acceptors (Lipinski definition) is 4. The second-order valence-electron chi connectivity index (χ2n) is 9.36. The zero-order valence-corrected chi connectivity index (χ0v) is 19.7. The lowest BCUT2D eigenvalue weighted by atomic mass is 9.98. The maximum Gasteiger partial charge on any atom is 0.317 e. The highest BCUT2D eigenvalue weighted by molar-refractivity contribution is 5.78. The van der Waals surface area contributed by atoms with Gasteiger partial charge in [0.1, 0.15) is 5.82 Å². The van der Waals surface area contributed by atoms with Crippen LogP contribution in [0.25, 0.3) is 11.0 Å². The molecule has 0 bridgehead atoms. The van der Waals surface area contributed by atoms with Gasteiger partial charge in [0.2, 0.25) is 5.95 Å². The number of nitrogens with one attached hydrogen (secondary N) is 2. The molecule has 0 aliphatic carbocycles. The standard InChI is InChI=1S/C26H33FN6O/c1-28-26(34)32-16-12-22(13-17-32)31-14-10-21(11-15-31)29-25-30-23-4-2-3-5-24(23)33(25)18-19-6-8-20(27)9-7-19/h2-9,21-22H,10-18H2,1H3,(H,28,34)(H,29,30). The van der Waals surface area contributed by atoms with Gasteiger partial charge in [-0.15, -0.1) is 0 Å². The second-order valence-corrected chi connectivity index (χ2v) is 9.36. The second kappa shape index (κ2) is 10.0. The van der Waals surface area contributed by atoms with Crippen molar-refractivity contribution in [3.63, 3.8) is 0 Å². The molecule has 8 heteroatoms. The molecule has 2 aromatic carbocycles. The van der Waals surface area contributed by atoms with Crippen LogP contribution in [0.2, 0.25) is 0 Å². The fraction of sp³-hybridized carbons (Fsp3) is 0.462. The molecule has 2 aliphatic rings. The van der Waals surface area contributed by atoms with E-state index in [4.69, 9.17) is 4.98 Å². The van der Waals surface area contributed by atoms with E-state index in [1.165, 1.54) is 12.1 Å². The van der Waals surface area contributed by atoms with E-state index in [0.29, 0.717) is 18.6 Å². The molecule has 0 radical (unpaired) electrons. The summed E-state index contributed by atoms with van der Waals surface area (Å²) in [6, 6.07) is 15.8. The molecular weight excluding hydrogens is 431 g/mol. The molecule has 3 aromatic rings. The summed E-state index contributed by atoms with van der Waals surface area (Å²) in [7, 11) is 1.69. The molecule has 34 heavy (non-hydrogen) atoms. The van der Waals surface area contributed by atoms with Crippen molar-refractivity contribution in [2.24, 2.45) is 0 Å². The van der Waals surface area contributed by atoms with Crippen LogP contribution in [0.3, 0.4) is 0 Å². The Bertz CT molecular complexity index is 1110. The fourth-order valence-corrected chi connectivity index (χ4v) is 5.30. The molecule has 0 saturated carbocycles. The molecule has 2 fully saturated rings. The summed E-state index contributed by atoms with van der Waals surface area (Å²) >= 11 is 0. The lowest BCUT2D eigenvalue weighted by Crippen LogP contribution is -2.51. The highest BCUT2D eigenvalue weighted by Crippen LogP contribution is 2.26. The number of nitrogens with zero attached hydrogens (tertiary/aromatic N) is 4. The van der Waals surface area contributed by atoms with Gasteiger partial charge in [-0.25, -0.2) is 14.2 Å². The number of rotatable bonds is 5. The Morgan fingerprint density at radius 2 is 1.71 bits per heavy atom. The van der Waals surface area contributed by atoms with Gasteiger partial charge in [0.25, 0.3) is 0 Å². The first-order chi connectivity index (χ1) is 16.6. The number of fused-ring (bicyclic) bond motifs is 1. The van der Waals surface area contributed by atoms with E-state index in [-0.39, 0.29) is 11.8 Å². The van der Waals surface area contributed by atoms with Crippen LogP contribution in [-0.2, 0) is 6.54 Å². The van der Waals surface area contributed by atoms with Crippen molar-refractivity contribution in [3.05, 3.63) is 59.9 Å². The first-order valence-corrected chi connectivity index (χ1v) is 12.3. The normalized spacial score (nSPS) is 18.4. The molecule has 2 saturated heterocycles. The predicted molar refractivity (Wildman–Crippen MR) is 133 cm³/mol. The number of halogens is 1. The summed E-state index contributed by atoms with van der Waals surface area (Å²) in [6.07, 6.45) is 4.21. The molecule has 2 amide bonds. The van der Waals surface area contributed by atoms with Gasteiger partial charge >= 0.3 is 6.03 Å². The van der Waals surface area contributed by atoms with Gasteiger partial charge in [-0.2, -0.15) is 0 Å². The van der Waals surface area contributed by atoms with Crippen LogP contribution in [0.5, 0.6) is 0 Å². The summed E-state index contributed by atoms with van der Waals surface area (Å²) in [5, 5.41) is 6.44. The maximum atomic E-state index is 13.4. The highest BCUT2D eigenvalue weighted by atomic mass is 19.1. The molecule has 2 aliphatic heterocycles. The molecule has 0 spiro atoms. The average molecular weight is 465 g/mol. The van der Waals surface area contributed by atoms with Crippen LogP contribution >= 0.6 is 0 Å². The number of urea groups is 1. The molecule has 0 unspecified atom stereocenters. The van der Waals surface area contributed by atoms with E-state index >= 15 is 0 Å². The number of carbonyl (C=O) groups excluding carboxylic acids is 1. The van der Waals surface area contributed by atoms with Crippen molar-refractivity contribution in [2.45, 2.75) is 44.3 Å². The first kappa shape index (κ1) is 22.7. The van der Waals surface area contributed by atoms with Crippen LogP contribution in [0, 0.1) is 5.82 Å². The third kappa shape index (κ3) is 4.87. The molecule has 2 N–H and O–H groups in total. The van der Waals surface area contributed by atoms with E-state index in [1.54, 1.807) is 7.05 Å². The van der Waals surface area contributed by atoms with Crippen LogP contribution < -0.4 is 10.6 Å². The number of likely N-dealkylation sites (tertiary alicyclic amines) is 2. The summed E-state index contributed by atoms with van der Waals surface area (Å²) in [5.74, 6) is 0.659. The van der Waals surface area contributed by atoms with Crippen LogP contribution in [-0.4, -0.2) is 70.7 Å². The lowest BCUT2D eigenvalue weighted by molar-refractivity contribution is 0.0987. The Morgan fingerprint density at radius 3 is 2.41 bits per heavy atom. The van der Waals surface area contributed by atoms with E-state index < -0.39 is 0 Å². The van der Waals surface area contributed by atoms with Gasteiger partial charge in [-0.05, 0) is 55.5 Å². The van der Waals surface area contributed by atoms with E-state index in [1.807, 2.05) is 35.2 Å². The Morgan fingerprint density at radius 1 is 1.00 bits per heavy atom. The predicted octanol–water partition coefficient (Wildman–Crippen LogP) is 3.90. The van der Waals surface area contributed by atoms with Crippen molar-refractivity contribution in [1.82, 2.24) is 24.7 Å². The van der Waals surface area contributed by atoms with Crippen LogP contribution in [0.4, 0.5) is 15.1 Å². The third-order valence-electron chi connectivity index (χ3n) is 7.25. The van der Waals surface area contributed by atoms with Crippen molar-refractivity contribution in [1.29, 1.82) is 0 Å². The van der Waals surface area contributed by atoms with Gasteiger partial charge in [-0.1, -0.05) is 24.3 Å². The van der Waals surface area contributed by atoms with Crippen molar-refractivity contribution in [2.75, 3.05) is 38.5 Å². The minimum Gasteiger partial charge on any atom is -0.353 e. The summed E-state index contributed by atoms with van der Waals surface area (Å²) in [6.45, 7) is 4.42. The van der Waals surface area contributed by atoms with Crippen molar-refractivity contribution in [3.8, 4) is 0 Å². The van der Waals surface area contributed by atoms with Gasteiger partial charge in [0.15, 0.2) is 0 Å². The average Bonchev–Trinajstić information content (AvgIpc) is 3.22. The zero-order chi connectivity index (χ0) is 23.5. The number of piperidine rings is 2. The number of aromatic nitrogens is 2. The maximum absolute atomic E-state index is 13.4. The number of anilines is 1. The molecule has 180 valence electrons. The van der Waals surface area contributed by atoms with Gasteiger partial charge in [0.05, 0.1) is 17.6 Å². The molecule has 5 rings (SSSR count). The number of benzene rings is 2. The Labute approximate surface area is 199 Å². The largest absolute Gasteiger partial charge is 0.353 e. The molecule has 7 nitrogen and oxygen atoms in total. The van der Waals surface area contributed by atoms with Crippen molar-refractivity contribution >= 4 is 23.0 Å². The number of hydrogen-bond donors (Lipinski definition) is 2. The molecule has 3 heterocycles. The smallest absolute Gasteiger partial charge is 0.317 e. The minimum absolute atomic E-state index is 0.0323. The molecule has 1 aromatic heterocycles. The Balaban J connectivity index is 1.22. The summed E-state index contributed by atoms with van der Waals surface area (Å²) in [4.78, 5) is 21.3. The SMILES string of the molecule is CNC(=O)N1CCC(N2CCC(Nc3nc4ccccc4n3Cc3ccc(F)cc3)CC2)CC1. The fourth-order valence-electron chi connectivity index (χ4n) is 5.30.